The minimum atomic E-state index is -0.161. The van der Waals surface area contributed by atoms with E-state index >= 15 is 0 Å². The molecular formula is C19H33N4O2S+. The molecule has 1 aliphatic carbocycles. The van der Waals surface area contributed by atoms with Gasteiger partial charge in [-0.15, -0.1) is 11.3 Å². The Morgan fingerprint density at radius 1 is 1.35 bits per heavy atom. The maximum absolute atomic E-state index is 12.7. The van der Waals surface area contributed by atoms with Crippen LogP contribution in [0.4, 0.5) is 5.13 Å². The molecule has 0 aromatic carbocycles. The Bertz CT molecular complexity index is 582. The van der Waals surface area contributed by atoms with E-state index in [9.17, 15) is 9.59 Å². The zero-order chi connectivity index (χ0) is 18.9. The number of anilines is 1. The normalized spacial score (nSPS) is 14.8. The quantitative estimate of drug-likeness (QED) is 0.649. The van der Waals surface area contributed by atoms with Crippen molar-refractivity contribution in [3.63, 3.8) is 0 Å². The molecule has 1 aromatic heterocycles. The standard InChI is InChI=1S/C19H32N4O2S/c1-15-14-26-19(20-15)21-17(24)13-23(12-6-11-22(2)3)18(25)10-9-16-7-4-5-8-16/h14,16H,4-13H2,1-3H3,(H,20,21,24)/p+1. The molecule has 6 nitrogen and oxygen atoms in total. The lowest BCUT2D eigenvalue weighted by molar-refractivity contribution is -0.858. The van der Waals surface area contributed by atoms with E-state index in [2.05, 4.69) is 24.4 Å². The number of aryl methyl sites for hydroxylation is 1. The molecule has 0 aliphatic heterocycles. The molecule has 1 fully saturated rings. The first-order chi connectivity index (χ1) is 12.4. The summed E-state index contributed by atoms with van der Waals surface area (Å²) in [5.41, 5.74) is 0.892. The molecule has 1 heterocycles. The van der Waals surface area contributed by atoms with Crippen molar-refractivity contribution in [2.45, 2.75) is 51.9 Å². The number of thiazole rings is 1. The zero-order valence-electron chi connectivity index (χ0n) is 16.3. The summed E-state index contributed by atoms with van der Waals surface area (Å²) in [4.78, 5) is 32.4. The third kappa shape index (κ3) is 7.41. The minimum absolute atomic E-state index is 0.108. The maximum Gasteiger partial charge on any atom is 0.245 e. The van der Waals surface area contributed by atoms with Gasteiger partial charge in [-0.1, -0.05) is 25.7 Å². The van der Waals surface area contributed by atoms with E-state index in [1.54, 1.807) is 4.90 Å². The highest BCUT2D eigenvalue weighted by atomic mass is 32.1. The van der Waals surface area contributed by atoms with Gasteiger partial charge in [0.05, 0.1) is 32.9 Å². The van der Waals surface area contributed by atoms with Gasteiger partial charge in [-0.3, -0.25) is 9.59 Å². The van der Waals surface area contributed by atoms with Crippen LogP contribution in [0.5, 0.6) is 0 Å². The van der Waals surface area contributed by atoms with Gasteiger partial charge in [0.15, 0.2) is 5.13 Å². The smallest absolute Gasteiger partial charge is 0.245 e. The van der Waals surface area contributed by atoms with E-state index in [0.29, 0.717) is 24.0 Å². The van der Waals surface area contributed by atoms with Crippen LogP contribution in [0.1, 0.15) is 50.6 Å². The number of carbonyl (C=O) groups excluding carboxylic acids is 2. The van der Waals surface area contributed by atoms with Crippen LogP contribution in [-0.4, -0.2) is 55.4 Å². The second-order valence-electron chi connectivity index (χ2n) is 7.66. The molecule has 0 atom stereocenters. The number of nitrogens with zero attached hydrogens (tertiary/aromatic N) is 2. The van der Waals surface area contributed by atoms with Gasteiger partial charge in [-0.2, -0.15) is 0 Å². The Morgan fingerprint density at radius 3 is 2.69 bits per heavy atom. The van der Waals surface area contributed by atoms with Crippen LogP contribution in [0, 0.1) is 12.8 Å². The Kier molecular flexibility index (Phi) is 8.51. The van der Waals surface area contributed by atoms with Crippen molar-refractivity contribution in [2.24, 2.45) is 5.92 Å². The number of nitrogens with one attached hydrogen (secondary N) is 2. The number of hydrogen-bond donors (Lipinski definition) is 2. The van der Waals surface area contributed by atoms with Crippen LogP contribution in [0.2, 0.25) is 0 Å². The van der Waals surface area contributed by atoms with Crippen LogP contribution in [0.25, 0.3) is 0 Å². The Morgan fingerprint density at radius 2 is 2.08 bits per heavy atom. The van der Waals surface area contributed by atoms with Gasteiger partial charge in [0.2, 0.25) is 11.8 Å². The zero-order valence-corrected chi connectivity index (χ0v) is 17.2. The van der Waals surface area contributed by atoms with Crippen molar-refractivity contribution < 1.29 is 14.5 Å². The molecule has 26 heavy (non-hydrogen) atoms. The highest BCUT2D eigenvalue weighted by Gasteiger charge is 2.21. The molecule has 7 heteroatoms. The Balaban J connectivity index is 1.85. The predicted octanol–water partition coefficient (Wildman–Crippen LogP) is 1.72. The molecule has 1 aromatic rings. The first-order valence-electron chi connectivity index (χ1n) is 9.73. The number of carbonyl (C=O) groups is 2. The second-order valence-corrected chi connectivity index (χ2v) is 8.52. The number of rotatable bonds is 10. The minimum Gasteiger partial charge on any atom is -0.340 e. The lowest BCUT2D eigenvalue weighted by atomic mass is 10.0. The molecule has 0 spiro atoms. The average Bonchev–Trinajstić information content (AvgIpc) is 3.23. The van der Waals surface area contributed by atoms with Crippen LogP contribution in [-0.2, 0) is 9.59 Å². The van der Waals surface area contributed by atoms with Gasteiger partial charge in [-0.05, 0) is 19.3 Å². The van der Waals surface area contributed by atoms with Gasteiger partial charge in [-0.25, -0.2) is 4.98 Å². The topological polar surface area (TPSA) is 66.7 Å². The fraction of sp³-hybridized carbons (Fsp3) is 0.737. The van der Waals surface area contributed by atoms with Crippen molar-refractivity contribution in [2.75, 3.05) is 39.0 Å². The molecule has 1 aliphatic rings. The van der Waals surface area contributed by atoms with Crippen molar-refractivity contribution in [3.8, 4) is 0 Å². The second kappa shape index (κ2) is 10.6. The van der Waals surface area contributed by atoms with Gasteiger partial charge in [0.25, 0.3) is 0 Å². The number of quaternary nitrogens is 1. The first-order valence-corrected chi connectivity index (χ1v) is 10.6. The average molecular weight is 382 g/mol. The molecule has 0 saturated heterocycles. The molecule has 0 unspecified atom stereocenters. The van der Waals surface area contributed by atoms with Crippen molar-refractivity contribution in [1.29, 1.82) is 0 Å². The van der Waals surface area contributed by atoms with E-state index in [1.165, 1.54) is 41.9 Å². The van der Waals surface area contributed by atoms with Gasteiger partial charge in [0, 0.05) is 24.8 Å². The van der Waals surface area contributed by atoms with E-state index in [1.807, 2.05) is 12.3 Å². The van der Waals surface area contributed by atoms with Crippen LogP contribution < -0.4 is 10.2 Å². The predicted molar refractivity (Wildman–Crippen MR) is 106 cm³/mol. The van der Waals surface area contributed by atoms with Crippen LogP contribution in [0.15, 0.2) is 5.38 Å². The largest absolute Gasteiger partial charge is 0.340 e. The molecule has 0 bridgehead atoms. The number of hydrogen-bond acceptors (Lipinski definition) is 4. The van der Waals surface area contributed by atoms with Crippen molar-refractivity contribution >= 4 is 28.3 Å². The summed E-state index contributed by atoms with van der Waals surface area (Å²) in [6.07, 6.45) is 7.52. The fourth-order valence-corrected chi connectivity index (χ4v) is 4.15. The highest BCUT2D eigenvalue weighted by molar-refractivity contribution is 7.13. The Hall–Kier alpha value is -1.47. The summed E-state index contributed by atoms with van der Waals surface area (Å²) in [7, 11) is 4.20. The molecule has 2 rings (SSSR count). The third-order valence-electron chi connectivity index (χ3n) is 4.90. The van der Waals surface area contributed by atoms with Crippen molar-refractivity contribution in [1.82, 2.24) is 9.88 Å². The van der Waals surface area contributed by atoms with E-state index in [-0.39, 0.29) is 18.4 Å². The van der Waals surface area contributed by atoms with Crippen LogP contribution >= 0.6 is 11.3 Å². The van der Waals surface area contributed by atoms with Crippen molar-refractivity contribution in [3.05, 3.63) is 11.1 Å². The summed E-state index contributed by atoms with van der Waals surface area (Å²) in [5.74, 6) is 0.640. The van der Waals surface area contributed by atoms with Gasteiger partial charge in [0.1, 0.15) is 0 Å². The van der Waals surface area contributed by atoms with E-state index in [0.717, 1.165) is 25.1 Å². The third-order valence-corrected chi connectivity index (χ3v) is 5.77. The fourth-order valence-electron chi connectivity index (χ4n) is 3.44. The summed E-state index contributed by atoms with van der Waals surface area (Å²) in [6.45, 7) is 3.64. The molecule has 2 N–H and O–H groups in total. The lowest BCUT2D eigenvalue weighted by Crippen LogP contribution is -3.05. The van der Waals surface area contributed by atoms with E-state index < -0.39 is 0 Å². The van der Waals surface area contributed by atoms with Crippen LogP contribution in [0.3, 0.4) is 0 Å². The molecule has 1 saturated carbocycles. The SMILES string of the molecule is Cc1csc(NC(=O)CN(CCC[NH+](C)C)C(=O)CCC2CCCC2)n1. The highest BCUT2D eigenvalue weighted by Crippen LogP contribution is 2.28. The monoisotopic (exact) mass is 381 g/mol. The van der Waals surface area contributed by atoms with E-state index in [4.69, 9.17) is 0 Å². The van der Waals surface area contributed by atoms with Gasteiger partial charge >= 0.3 is 0 Å². The molecule has 2 amide bonds. The molecule has 146 valence electrons. The van der Waals surface area contributed by atoms with Gasteiger partial charge < -0.3 is 15.1 Å². The summed E-state index contributed by atoms with van der Waals surface area (Å²) < 4.78 is 0. The lowest BCUT2D eigenvalue weighted by Gasteiger charge is -2.23. The maximum atomic E-state index is 12.7. The molecular weight excluding hydrogens is 348 g/mol. The molecule has 0 radical (unpaired) electrons. The Labute approximate surface area is 161 Å². The number of aromatic nitrogens is 1. The summed E-state index contributed by atoms with van der Waals surface area (Å²) in [5, 5.41) is 5.32. The first kappa shape index (κ1) is 20.8. The summed E-state index contributed by atoms with van der Waals surface area (Å²) in [6, 6.07) is 0. The number of amides is 2. The summed E-state index contributed by atoms with van der Waals surface area (Å²) >= 11 is 1.41.